The number of allylic oxidation sites excluding steroid dienone is 2. The third kappa shape index (κ3) is 2.77. The van der Waals surface area contributed by atoms with Gasteiger partial charge in [0, 0.05) is 18.1 Å². The van der Waals surface area contributed by atoms with E-state index in [1.54, 1.807) is 6.08 Å². The second kappa shape index (κ2) is 5.77. The molecule has 1 heterocycles. The summed E-state index contributed by atoms with van der Waals surface area (Å²) in [5, 5.41) is 10.6. The molecule has 0 bridgehead atoms. The summed E-state index contributed by atoms with van der Waals surface area (Å²) in [6.45, 7) is 9.16. The van der Waals surface area contributed by atoms with Gasteiger partial charge in [0.1, 0.15) is 0 Å². The van der Waals surface area contributed by atoms with Crippen molar-refractivity contribution in [2.75, 3.05) is 0 Å². The van der Waals surface area contributed by atoms with Gasteiger partial charge in [-0.05, 0) is 54.8 Å². The number of esters is 1. The van der Waals surface area contributed by atoms with Crippen molar-refractivity contribution >= 4 is 5.97 Å². The van der Waals surface area contributed by atoms with Crippen LogP contribution in [0.5, 0.6) is 0 Å². The van der Waals surface area contributed by atoms with Crippen molar-refractivity contribution in [3.05, 3.63) is 23.8 Å². The fourth-order valence-corrected chi connectivity index (χ4v) is 5.20. The predicted molar refractivity (Wildman–Crippen MR) is 90.4 cm³/mol. The Hall–Kier alpha value is -1.09. The van der Waals surface area contributed by atoms with Crippen LogP contribution in [0.15, 0.2) is 23.8 Å². The summed E-state index contributed by atoms with van der Waals surface area (Å²) >= 11 is 0. The minimum absolute atomic E-state index is 0.160. The fraction of sp³-hybridized carbons (Fsp3) is 0.750. The van der Waals surface area contributed by atoms with Crippen LogP contribution in [0.3, 0.4) is 0 Å². The second-order valence-corrected chi connectivity index (χ2v) is 8.46. The molecule has 2 saturated carbocycles. The van der Waals surface area contributed by atoms with E-state index in [4.69, 9.17) is 4.74 Å². The zero-order chi connectivity index (χ0) is 16.8. The molecule has 0 spiro atoms. The van der Waals surface area contributed by atoms with Crippen LogP contribution in [-0.4, -0.2) is 16.9 Å². The maximum atomic E-state index is 11.7. The summed E-state index contributed by atoms with van der Waals surface area (Å²) in [4.78, 5) is 11.7. The first-order valence-corrected chi connectivity index (χ1v) is 9.10. The molecule has 23 heavy (non-hydrogen) atoms. The van der Waals surface area contributed by atoms with E-state index in [-0.39, 0.29) is 17.3 Å². The Morgan fingerprint density at radius 3 is 2.78 bits per heavy atom. The highest BCUT2D eigenvalue weighted by Gasteiger charge is 2.59. The van der Waals surface area contributed by atoms with Crippen LogP contribution in [0.1, 0.15) is 59.8 Å². The first kappa shape index (κ1) is 16.8. The van der Waals surface area contributed by atoms with Gasteiger partial charge >= 0.3 is 5.97 Å². The molecule has 0 aromatic heterocycles. The van der Waals surface area contributed by atoms with Crippen LogP contribution in [-0.2, 0) is 9.53 Å². The second-order valence-electron chi connectivity index (χ2n) is 8.46. The molecule has 0 saturated heterocycles. The lowest BCUT2D eigenvalue weighted by Gasteiger charge is -2.47. The monoisotopic (exact) mass is 318 g/mol. The van der Waals surface area contributed by atoms with Gasteiger partial charge in [0.05, 0.1) is 0 Å². The van der Waals surface area contributed by atoms with Crippen LogP contribution >= 0.6 is 0 Å². The molecule has 3 aliphatic rings. The van der Waals surface area contributed by atoms with Gasteiger partial charge in [-0.3, -0.25) is 0 Å². The van der Waals surface area contributed by atoms with E-state index in [2.05, 4.69) is 39.8 Å². The van der Waals surface area contributed by atoms with E-state index in [9.17, 15) is 9.90 Å². The molecule has 128 valence electrons. The van der Waals surface area contributed by atoms with Crippen molar-refractivity contribution in [3.8, 4) is 0 Å². The number of carbonyl (C=O) groups excluding carboxylic acids is 1. The van der Waals surface area contributed by atoms with Gasteiger partial charge < -0.3 is 9.84 Å². The zero-order valence-corrected chi connectivity index (χ0v) is 14.8. The van der Waals surface area contributed by atoms with Crippen molar-refractivity contribution in [1.29, 1.82) is 0 Å². The molecule has 1 unspecified atom stereocenters. The molecule has 2 fully saturated rings. The number of rotatable bonds is 4. The van der Waals surface area contributed by atoms with E-state index < -0.39 is 5.79 Å². The van der Waals surface area contributed by atoms with E-state index in [1.165, 1.54) is 0 Å². The quantitative estimate of drug-likeness (QED) is 0.623. The molecule has 1 N–H and O–H groups in total. The molecule has 0 aromatic carbocycles. The first-order valence-electron chi connectivity index (χ1n) is 9.10. The number of hydrogen-bond donors (Lipinski definition) is 1. The van der Waals surface area contributed by atoms with E-state index >= 15 is 0 Å². The van der Waals surface area contributed by atoms with Crippen LogP contribution < -0.4 is 0 Å². The molecular weight excluding hydrogens is 288 g/mol. The maximum absolute atomic E-state index is 11.7. The fourth-order valence-electron chi connectivity index (χ4n) is 5.20. The molecular formula is C20H30O3. The normalized spacial score (nSPS) is 41.0. The molecule has 5 atom stereocenters. The van der Waals surface area contributed by atoms with Crippen LogP contribution in [0.2, 0.25) is 0 Å². The van der Waals surface area contributed by atoms with E-state index in [1.807, 2.05) is 0 Å². The lowest BCUT2D eigenvalue weighted by atomic mass is 9.60. The van der Waals surface area contributed by atoms with Gasteiger partial charge in [-0.15, -0.1) is 0 Å². The number of aliphatic hydroxyl groups is 1. The van der Waals surface area contributed by atoms with E-state index in [0.29, 0.717) is 24.2 Å². The van der Waals surface area contributed by atoms with Crippen molar-refractivity contribution in [2.24, 2.45) is 29.1 Å². The van der Waals surface area contributed by atoms with Gasteiger partial charge in [-0.1, -0.05) is 39.8 Å². The largest absolute Gasteiger partial charge is 0.426 e. The Labute approximate surface area is 139 Å². The smallest absolute Gasteiger partial charge is 0.333 e. The highest BCUT2D eigenvalue weighted by molar-refractivity contribution is 5.86. The Balaban J connectivity index is 1.79. The first-order chi connectivity index (χ1) is 10.8. The Bertz CT molecular complexity index is 547. The molecule has 3 rings (SSSR count). The molecule has 3 heteroatoms. The van der Waals surface area contributed by atoms with Gasteiger partial charge in [-0.25, -0.2) is 4.79 Å². The molecule has 1 aliphatic heterocycles. The lowest BCUT2D eigenvalue weighted by Crippen LogP contribution is -2.46. The van der Waals surface area contributed by atoms with E-state index in [0.717, 1.165) is 31.3 Å². The van der Waals surface area contributed by atoms with Gasteiger partial charge in [0.15, 0.2) is 0 Å². The molecule has 0 radical (unpaired) electrons. The summed E-state index contributed by atoms with van der Waals surface area (Å²) in [5.74, 6) is 0.429. The highest BCUT2D eigenvalue weighted by Crippen LogP contribution is 2.62. The SMILES string of the molecule is CC(C)C/C=C/[C@@H](C)[C@H]1CCC2C3=CC(=O)O[C@@]3(O)CC[C@@]21C. The molecule has 2 aliphatic carbocycles. The number of hydrogen-bond acceptors (Lipinski definition) is 3. The maximum Gasteiger partial charge on any atom is 0.333 e. The third-order valence-electron chi connectivity index (χ3n) is 6.46. The Morgan fingerprint density at radius 1 is 1.35 bits per heavy atom. The third-order valence-corrected chi connectivity index (χ3v) is 6.46. The van der Waals surface area contributed by atoms with Gasteiger partial charge in [0.2, 0.25) is 5.79 Å². The van der Waals surface area contributed by atoms with Crippen LogP contribution in [0, 0.1) is 29.1 Å². The Morgan fingerprint density at radius 2 is 2.09 bits per heavy atom. The van der Waals surface area contributed by atoms with Gasteiger partial charge in [0.25, 0.3) is 0 Å². The summed E-state index contributed by atoms with van der Waals surface area (Å²) < 4.78 is 5.20. The van der Waals surface area contributed by atoms with Crippen molar-refractivity contribution < 1.29 is 14.6 Å². The zero-order valence-electron chi connectivity index (χ0n) is 14.8. The summed E-state index contributed by atoms with van der Waals surface area (Å²) in [6, 6.07) is 0. The standard InChI is InChI=1S/C20H30O3/c1-13(2)6-5-7-14(3)15-8-9-16-17-12-18(21)23-20(17,22)11-10-19(15,16)4/h5,7,12-16,22H,6,8-11H2,1-4H3/b7-5+/t14-,15-,16?,19-,20+/m1/s1. The van der Waals surface area contributed by atoms with Crippen molar-refractivity contribution in [3.63, 3.8) is 0 Å². The molecule has 0 aromatic rings. The number of carbonyl (C=O) groups is 1. The minimum atomic E-state index is -1.31. The van der Waals surface area contributed by atoms with Crippen molar-refractivity contribution in [2.45, 2.75) is 65.6 Å². The average molecular weight is 318 g/mol. The number of ether oxygens (including phenoxy) is 1. The van der Waals surface area contributed by atoms with Crippen LogP contribution in [0.25, 0.3) is 0 Å². The molecule has 0 amide bonds. The summed E-state index contributed by atoms with van der Waals surface area (Å²) in [6.07, 6.45) is 11.1. The Kier molecular flexibility index (Phi) is 4.20. The number of fused-ring (bicyclic) bond motifs is 3. The topological polar surface area (TPSA) is 46.5 Å². The van der Waals surface area contributed by atoms with Crippen molar-refractivity contribution in [1.82, 2.24) is 0 Å². The average Bonchev–Trinajstić information content (AvgIpc) is 2.94. The highest BCUT2D eigenvalue weighted by atomic mass is 16.7. The predicted octanol–water partition coefficient (Wildman–Crippen LogP) is 4.22. The summed E-state index contributed by atoms with van der Waals surface area (Å²) in [5.41, 5.74) is 1.00. The summed E-state index contributed by atoms with van der Waals surface area (Å²) in [7, 11) is 0. The van der Waals surface area contributed by atoms with Crippen LogP contribution in [0.4, 0.5) is 0 Å². The minimum Gasteiger partial charge on any atom is -0.426 e. The van der Waals surface area contributed by atoms with Gasteiger partial charge in [-0.2, -0.15) is 0 Å². The molecule has 3 nitrogen and oxygen atoms in total. The lowest BCUT2D eigenvalue weighted by molar-refractivity contribution is -0.196.